The van der Waals surface area contributed by atoms with Crippen molar-refractivity contribution in [1.29, 1.82) is 0 Å². The minimum Gasteiger partial charge on any atom is -0.444 e. The van der Waals surface area contributed by atoms with Gasteiger partial charge in [0, 0.05) is 0 Å². The number of benzene rings is 1. The van der Waals surface area contributed by atoms with Crippen molar-refractivity contribution < 1.29 is 9.53 Å². The lowest BCUT2D eigenvalue weighted by Crippen LogP contribution is -2.48. The summed E-state index contributed by atoms with van der Waals surface area (Å²) in [6, 6.07) is 10.1. The standard InChI is InChI=1S/C17H28N2O2/c1-12(2)14(19-16(20)21-17(3,4)5)15(18-6)13-10-8-7-9-11-13/h7-12,14-15,18H,1-6H3,(H,19,20)/t14-,15-/m1/s1. The second-order valence-electron chi connectivity index (χ2n) is 6.59. The van der Waals surface area contributed by atoms with E-state index in [0.717, 1.165) is 5.56 Å². The number of rotatable bonds is 5. The molecule has 0 radical (unpaired) electrons. The van der Waals surface area contributed by atoms with Crippen molar-refractivity contribution in [2.24, 2.45) is 5.92 Å². The molecule has 118 valence electrons. The number of hydrogen-bond acceptors (Lipinski definition) is 3. The summed E-state index contributed by atoms with van der Waals surface area (Å²) in [5.41, 5.74) is 0.655. The van der Waals surface area contributed by atoms with E-state index < -0.39 is 5.60 Å². The van der Waals surface area contributed by atoms with Crippen molar-refractivity contribution >= 4 is 6.09 Å². The molecule has 0 aliphatic heterocycles. The Bertz CT molecular complexity index is 438. The SMILES string of the molecule is CN[C@H](c1ccccc1)[C@H](NC(=O)OC(C)(C)C)C(C)C. The van der Waals surface area contributed by atoms with Crippen LogP contribution in [0.4, 0.5) is 4.79 Å². The fraction of sp³-hybridized carbons (Fsp3) is 0.588. The van der Waals surface area contributed by atoms with Gasteiger partial charge >= 0.3 is 6.09 Å². The second kappa shape index (κ2) is 7.46. The van der Waals surface area contributed by atoms with Gasteiger partial charge in [0.05, 0.1) is 12.1 Å². The number of nitrogens with one attached hydrogen (secondary N) is 2. The number of likely N-dealkylation sites (N-methyl/N-ethyl adjacent to an activating group) is 1. The van der Waals surface area contributed by atoms with Gasteiger partial charge in [-0.1, -0.05) is 44.2 Å². The predicted molar refractivity (Wildman–Crippen MR) is 86.2 cm³/mol. The summed E-state index contributed by atoms with van der Waals surface area (Å²) in [7, 11) is 1.91. The Morgan fingerprint density at radius 1 is 1.14 bits per heavy atom. The summed E-state index contributed by atoms with van der Waals surface area (Å²) in [6.45, 7) is 9.78. The largest absolute Gasteiger partial charge is 0.444 e. The van der Waals surface area contributed by atoms with Gasteiger partial charge in [0.25, 0.3) is 0 Å². The van der Waals surface area contributed by atoms with Crippen LogP contribution in [0.5, 0.6) is 0 Å². The summed E-state index contributed by atoms with van der Waals surface area (Å²) in [5.74, 6) is 0.273. The molecule has 0 saturated heterocycles. The van der Waals surface area contributed by atoms with Crippen LogP contribution in [0.3, 0.4) is 0 Å². The molecular weight excluding hydrogens is 264 g/mol. The van der Waals surface area contributed by atoms with E-state index in [1.807, 2.05) is 46.0 Å². The van der Waals surface area contributed by atoms with Crippen LogP contribution >= 0.6 is 0 Å². The molecule has 0 aliphatic rings. The van der Waals surface area contributed by atoms with Crippen LogP contribution < -0.4 is 10.6 Å². The van der Waals surface area contributed by atoms with Crippen LogP contribution in [0.1, 0.15) is 46.2 Å². The third-order valence-corrected chi connectivity index (χ3v) is 3.23. The monoisotopic (exact) mass is 292 g/mol. The molecule has 0 aliphatic carbocycles. The molecule has 0 saturated carbocycles. The zero-order valence-corrected chi connectivity index (χ0v) is 13.9. The van der Waals surface area contributed by atoms with Gasteiger partial charge in [0.1, 0.15) is 5.60 Å². The fourth-order valence-electron chi connectivity index (χ4n) is 2.29. The first-order valence-corrected chi connectivity index (χ1v) is 7.46. The summed E-state index contributed by atoms with van der Waals surface area (Å²) in [4.78, 5) is 12.1. The lowest BCUT2D eigenvalue weighted by atomic mass is 9.91. The third-order valence-electron chi connectivity index (χ3n) is 3.23. The van der Waals surface area contributed by atoms with Crippen LogP contribution in [0.15, 0.2) is 30.3 Å². The highest BCUT2D eigenvalue weighted by Crippen LogP contribution is 2.22. The molecule has 21 heavy (non-hydrogen) atoms. The first kappa shape index (κ1) is 17.5. The maximum atomic E-state index is 12.1. The fourth-order valence-corrected chi connectivity index (χ4v) is 2.29. The summed E-state index contributed by atoms with van der Waals surface area (Å²) in [6.07, 6.45) is -0.377. The smallest absolute Gasteiger partial charge is 0.407 e. The summed E-state index contributed by atoms with van der Waals surface area (Å²) in [5, 5.41) is 6.30. The van der Waals surface area contributed by atoms with Gasteiger partial charge in [-0.05, 0) is 39.3 Å². The Kier molecular flexibility index (Phi) is 6.21. The number of hydrogen-bond donors (Lipinski definition) is 2. The number of alkyl carbamates (subject to hydrolysis) is 1. The van der Waals surface area contributed by atoms with Crippen molar-refractivity contribution in [1.82, 2.24) is 10.6 Å². The van der Waals surface area contributed by atoms with Gasteiger partial charge in [-0.3, -0.25) is 0 Å². The van der Waals surface area contributed by atoms with E-state index >= 15 is 0 Å². The normalized spacial score (nSPS) is 14.6. The average Bonchev–Trinajstić information content (AvgIpc) is 2.37. The minimum atomic E-state index is -0.493. The molecule has 1 rings (SSSR count). The number of ether oxygens (including phenoxy) is 1. The van der Waals surface area contributed by atoms with Gasteiger partial charge in [-0.25, -0.2) is 4.79 Å². The highest BCUT2D eigenvalue weighted by Gasteiger charge is 2.28. The highest BCUT2D eigenvalue weighted by molar-refractivity contribution is 5.68. The van der Waals surface area contributed by atoms with Crippen LogP contribution in [0.25, 0.3) is 0 Å². The van der Waals surface area contributed by atoms with Crippen molar-refractivity contribution in [3.05, 3.63) is 35.9 Å². The van der Waals surface area contributed by atoms with E-state index in [0.29, 0.717) is 0 Å². The van der Waals surface area contributed by atoms with Crippen LogP contribution in [0.2, 0.25) is 0 Å². The second-order valence-corrected chi connectivity index (χ2v) is 6.59. The molecule has 2 atom stereocenters. The number of carbonyl (C=O) groups excluding carboxylic acids is 1. The Labute approximate surface area is 128 Å². The van der Waals surface area contributed by atoms with Gasteiger partial charge in [-0.15, -0.1) is 0 Å². The number of carbonyl (C=O) groups is 1. The lowest BCUT2D eigenvalue weighted by Gasteiger charge is -2.32. The van der Waals surface area contributed by atoms with Crippen LogP contribution in [-0.4, -0.2) is 24.8 Å². The average molecular weight is 292 g/mol. The maximum Gasteiger partial charge on any atom is 0.407 e. The molecule has 0 aromatic heterocycles. The topological polar surface area (TPSA) is 50.4 Å². The Hall–Kier alpha value is -1.55. The molecule has 4 nitrogen and oxygen atoms in total. The zero-order valence-electron chi connectivity index (χ0n) is 13.9. The predicted octanol–water partition coefficient (Wildman–Crippen LogP) is 3.50. The maximum absolute atomic E-state index is 12.1. The van der Waals surface area contributed by atoms with Crippen LogP contribution in [0, 0.1) is 5.92 Å². The quantitative estimate of drug-likeness (QED) is 0.873. The minimum absolute atomic E-state index is 0.0405. The van der Waals surface area contributed by atoms with Gasteiger partial charge in [-0.2, -0.15) is 0 Å². The molecule has 0 spiro atoms. The highest BCUT2D eigenvalue weighted by atomic mass is 16.6. The Morgan fingerprint density at radius 2 is 1.71 bits per heavy atom. The number of amides is 1. The van der Waals surface area contributed by atoms with E-state index in [4.69, 9.17) is 4.74 Å². The van der Waals surface area contributed by atoms with E-state index in [9.17, 15) is 4.79 Å². The Morgan fingerprint density at radius 3 is 2.14 bits per heavy atom. The first-order valence-electron chi connectivity index (χ1n) is 7.46. The molecule has 1 amide bonds. The Balaban J connectivity index is 2.87. The summed E-state index contributed by atoms with van der Waals surface area (Å²) >= 11 is 0. The van der Waals surface area contributed by atoms with Gasteiger partial charge in [0.2, 0.25) is 0 Å². The lowest BCUT2D eigenvalue weighted by molar-refractivity contribution is 0.0475. The molecule has 1 aromatic rings. The first-order chi connectivity index (χ1) is 9.74. The van der Waals surface area contributed by atoms with Crippen molar-refractivity contribution in [2.45, 2.75) is 52.3 Å². The molecule has 0 bridgehead atoms. The van der Waals surface area contributed by atoms with Crippen LogP contribution in [-0.2, 0) is 4.74 Å². The van der Waals surface area contributed by atoms with Gasteiger partial charge < -0.3 is 15.4 Å². The molecule has 0 heterocycles. The van der Waals surface area contributed by atoms with Crippen molar-refractivity contribution in [2.75, 3.05) is 7.05 Å². The van der Waals surface area contributed by atoms with E-state index in [1.165, 1.54) is 0 Å². The van der Waals surface area contributed by atoms with Gasteiger partial charge in [0.15, 0.2) is 0 Å². The molecule has 2 N–H and O–H groups in total. The van der Waals surface area contributed by atoms with E-state index in [-0.39, 0.29) is 24.1 Å². The molecule has 0 unspecified atom stereocenters. The summed E-state index contributed by atoms with van der Waals surface area (Å²) < 4.78 is 5.37. The molecular formula is C17H28N2O2. The van der Waals surface area contributed by atoms with Crippen molar-refractivity contribution in [3.8, 4) is 0 Å². The van der Waals surface area contributed by atoms with E-state index in [2.05, 4.69) is 36.6 Å². The molecule has 1 aromatic carbocycles. The molecule has 0 fully saturated rings. The third kappa shape index (κ3) is 5.76. The van der Waals surface area contributed by atoms with E-state index in [1.54, 1.807) is 0 Å². The van der Waals surface area contributed by atoms with Crippen molar-refractivity contribution in [3.63, 3.8) is 0 Å². The zero-order chi connectivity index (χ0) is 16.0. The molecule has 4 heteroatoms.